The summed E-state index contributed by atoms with van der Waals surface area (Å²) >= 11 is 0. The Bertz CT molecular complexity index is 613. The SMILES string of the molecule is CC(=O)Oc1ccc(O)c(-c2ccc(C(C)C)cc2)c1. The minimum Gasteiger partial charge on any atom is -0.507 e. The molecule has 0 aromatic heterocycles. The molecule has 3 nitrogen and oxygen atoms in total. The van der Waals surface area contributed by atoms with E-state index in [1.54, 1.807) is 12.1 Å². The highest BCUT2D eigenvalue weighted by molar-refractivity contribution is 5.74. The van der Waals surface area contributed by atoms with Crippen molar-refractivity contribution in [2.45, 2.75) is 26.7 Å². The zero-order chi connectivity index (χ0) is 14.7. The number of benzene rings is 2. The van der Waals surface area contributed by atoms with Gasteiger partial charge >= 0.3 is 5.97 Å². The maximum Gasteiger partial charge on any atom is 0.308 e. The zero-order valence-corrected chi connectivity index (χ0v) is 11.9. The fourth-order valence-electron chi connectivity index (χ4n) is 2.02. The minimum absolute atomic E-state index is 0.165. The van der Waals surface area contributed by atoms with Crippen molar-refractivity contribution >= 4 is 5.97 Å². The maximum atomic E-state index is 11.0. The quantitative estimate of drug-likeness (QED) is 0.674. The number of aromatic hydroxyl groups is 1. The average molecular weight is 270 g/mol. The van der Waals surface area contributed by atoms with Gasteiger partial charge in [0, 0.05) is 12.5 Å². The zero-order valence-electron chi connectivity index (χ0n) is 11.9. The highest BCUT2D eigenvalue weighted by atomic mass is 16.5. The van der Waals surface area contributed by atoms with E-state index in [1.807, 2.05) is 24.3 Å². The van der Waals surface area contributed by atoms with Gasteiger partial charge in [0.15, 0.2) is 0 Å². The van der Waals surface area contributed by atoms with Gasteiger partial charge in [-0.1, -0.05) is 38.1 Å². The summed E-state index contributed by atoms with van der Waals surface area (Å²) < 4.78 is 5.04. The number of hydrogen-bond donors (Lipinski definition) is 1. The van der Waals surface area contributed by atoms with Gasteiger partial charge in [-0.3, -0.25) is 4.79 Å². The molecule has 0 bridgehead atoms. The molecule has 0 saturated heterocycles. The standard InChI is InChI=1S/C17H18O3/c1-11(2)13-4-6-14(7-5-13)16-10-15(20-12(3)18)8-9-17(16)19/h4-11,19H,1-3H3. The molecular formula is C17H18O3. The number of esters is 1. The van der Waals surface area contributed by atoms with Crippen LogP contribution >= 0.6 is 0 Å². The van der Waals surface area contributed by atoms with E-state index >= 15 is 0 Å². The molecule has 1 N–H and O–H groups in total. The maximum absolute atomic E-state index is 11.0. The van der Waals surface area contributed by atoms with Crippen LogP contribution in [0.4, 0.5) is 0 Å². The second kappa shape index (κ2) is 5.78. The van der Waals surface area contributed by atoms with Gasteiger partial charge in [-0.05, 0) is 35.2 Å². The van der Waals surface area contributed by atoms with E-state index in [0.29, 0.717) is 17.2 Å². The van der Waals surface area contributed by atoms with Crippen LogP contribution in [-0.4, -0.2) is 11.1 Å². The first kappa shape index (κ1) is 14.1. The molecule has 0 unspecified atom stereocenters. The topological polar surface area (TPSA) is 46.5 Å². The first-order chi connectivity index (χ1) is 9.47. The molecule has 3 heteroatoms. The molecule has 104 valence electrons. The van der Waals surface area contributed by atoms with E-state index in [0.717, 1.165) is 5.56 Å². The van der Waals surface area contributed by atoms with Crippen LogP contribution in [0.5, 0.6) is 11.5 Å². The van der Waals surface area contributed by atoms with E-state index < -0.39 is 0 Å². The van der Waals surface area contributed by atoms with E-state index in [-0.39, 0.29) is 11.7 Å². The van der Waals surface area contributed by atoms with Crippen molar-refractivity contribution in [1.29, 1.82) is 0 Å². The molecule has 0 spiro atoms. The summed E-state index contributed by atoms with van der Waals surface area (Å²) in [5.74, 6) is 0.679. The van der Waals surface area contributed by atoms with Gasteiger partial charge < -0.3 is 9.84 Å². The summed E-state index contributed by atoms with van der Waals surface area (Å²) in [6, 6.07) is 12.8. The second-order valence-corrected chi connectivity index (χ2v) is 5.05. The number of ether oxygens (including phenoxy) is 1. The molecule has 0 aliphatic carbocycles. The highest BCUT2D eigenvalue weighted by Crippen LogP contribution is 2.33. The third-order valence-electron chi connectivity index (χ3n) is 3.12. The Morgan fingerprint density at radius 3 is 2.30 bits per heavy atom. The Morgan fingerprint density at radius 2 is 1.75 bits per heavy atom. The summed E-state index contributed by atoms with van der Waals surface area (Å²) in [6.45, 7) is 5.62. The van der Waals surface area contributed by atoms with E-state index in [9.17, 15) is 9.90 Å². The van der Waals surface area contributed by atoms with Crippen molar-refractivity contribution in [3.8, 4) is 22.6 Å². The highest BCUT2D eigenvalue weighted by Gasteiger charge is 2.08. The van der Waals surface area contributed by atoms with Crippen molar-refractivity contribution in [3.05, 3.63) is 48.0 Å². The lowest BCUT2D eigenvalue weighted by Gasteiger charge is -2.10. The lowest BCUT2D eigenvalue weighted by Crippen LogP contribution is -2.01. The number of carbonyl (C=O) groups is 1. The van der Waals surface area contributed by atoms with Gasteiger partial charge in [0.25, 0.3) is 0 Å². The molecule has 0 heterocycles. The Balaban J connectivity index is 2.38. The van der Waals surface area contributed by atoms with Crippen LogP contribution in [0.25, 0.3) is 11.1 Å². The van der Waals surface area contributed by atoms with Gasteiger partial charge in [0.2, 0.25) is 0 Å². The molecule has 0 radical (unpaired) electrons. The van der Waals surface area contributed by atoms with Crippen LogP contribution in [-0.2, 0) is 4.79 Å². The Labute approximate surface area is 118 Å². The van der Waals surface area contributed by atoms with Crippen LogP contribution in [0, 0.1) is 0 Å². The Hall–Kier alpha value is -2.29. The molecule has 0 atom stereocenters. The summed E-state index contributed by atoms with van der Waals surface area (Å²) in [5, 5.41) is 9.96. The van der Waals surface area contributed by atoms with Crippen LogP contribution < -0.4 is 4.74 Å². The number of carbonyl (C=O) groups excluding carboxylic acids is 1. The smallest absolute Gasteiger partial charge is 0.308 e. The number of rotatable bonds is 3. The second-order valence-electron chi connectivity index (χ2n) is 5.05. The molecule has 0 aliphatic rings. The number of phenols is 1. The first-order valence-electron chi connectivity index (χ1n) is 6.59. The average Bonchev–Trinajstić information content (AvgIpc) is 2.40. The molecule has 0 fully saturated rings. The third-order valence-corrected chi connectivity index (χ3v) is 3.12. The van der Waals surface area contributed by atoms with Crippen LogP contribution in [0.1, 0.15) is 32.3 Å². The molecule has 0 aliphatic heterocycles. The van der Waals surface area contributed by atoms with Crippen LogP contribution in [0.15, 0.2) is 42.5 Å². The van der Waals surface area contributed by atoms with Crippen LogP contribution in [0.3, 0.4) is 0 Å². The minimum atomic E-state index is -0.378. The Morgan fingerprint density at radius 1 is 1.10 bits per heavy atom. The van der Waals surface area contributed by atoms with Crippen LogP contribution in [0.2, 0.25) is 0 Å². The van der Waals surface area contributed by atoms with Crippen molar-refractivity contribution in [1.82, 2.24) is 0 Å². The summed E-state index contributed by atoms with van der Waals surface area (Å²) in [4.78, 5) is 11.0. The summed E-state index contributed by atoms with van der Waals surface area (Å²) in [5.41, 5.74) is 2.78. The molecule has 2 rings (SSSR count). The lowest BCUT2D eigenvalue weighted by molar-refractivity contribution is -0.131. The van der Waals surface area contributed by atoms with E-state index in [2.05, 4.69) is 13.8 Å². The number of phenolic OH excluding ortho intramolecular Hbond substituents is 1. The van der Waals surface area contributed by atoms with Crippen molar-refractivity contribution in [2.24, 2.45) is 0 Å². The van der Waals surface area contributed by atoms with Gasteiger partial charge in [-0.2, -0.15) is 0 Å². The Kier molecular flexibility index (Phi) is 4.08. The van der Waals surface area contributed by atoms with Gasteiger partial charge in [-0.25, -0.2) is 0 Å². The van der Waals surface area contributed by atoms with E-state index in [4.69, 9.17) is 4.74 Å². The van der Waals surface area contributed by atoms with Crippen molar-refractivity contribution in [2.75, 3.05) is 0 Å². The third kappa shape index (κ3) is 3.18. The molecule has 2 aromatic carbocycles. The fourth-order valence-corrected chi connectivity index (χ4v) is 2.02. The summed E-state index contributed by atoms with van der Waals surface area (Å²) in [7, 11) is 0. The molecule has 0 saturated carbocycles. The predicted molar refractivity (Wildman–Crippen MR) is 78.9 cm³/mol. The molecular weight excluding hydrogens is 252 g/mol. The molecule has 20 heavy (non-hydrogen) atoms. The molecule has 2 aromatic rings. The van der Waals surface area contributed by atoms with Crippen molar-refractivity contribution < 1.29 is 14.6 Å². The van der Waals surface area contributed by atoms with E-state index in [1.165, 1.54) is 18.6 Å². The number of hydrogen-bond acceptors (Lipinski definition) is 3. The normalized spacial score (nSPS) is 10.6. The molecule has 0 amide bonds. The predicted octanol–water partition coefficient (Wildman–Crippen LogP) is 4.11. The van der Waals surface area contributed by atoms with Gasteiger partial charge in [0.1, 0.15) is 11.5 Å². The van der Waals surface area contributed by atoms with Crippen molar-refractivity contribution in [3.63, 3.8) is 0 Å². The largest absolute Gasteiger partial charge is 0.507 e. The van der Waals surface area contributed by atoms with Gasteiger partial charge in [-0.15, -0.1) is 0 Å². The van der Waals surface area contributed by atoms with Gasteiger partial charge in [0.05, 0.1) is 0 Å². The first-order valence-corrected chi connectivity index (χ1v) is 6.59. The monoisotopic (exact) mass is 270 g/mol. The summed E-state index contributed by atoms with van der Waals surface area (Å²) in [6.07, 6.45) is 0. The fraction of sp³-hybridized carbons (Fsp3) is 0.235. The lowest BCUT2D eigenvalue weighted by atomic mass is 9.98.